The maximum atomic E-state index is 12.4. The first-order valence-electron chi connectivity index (χ1n) is 6.83. The molecule has 0 aromatic heterocycles. The average Bonchev–Trinajstić information content (AvgIpc) is 2.40. The van der Waals surface area contributed by atoms with Crippen LogP contribution >= 0.6 is 0 Å². The molecular weight excluding hydrogens is 224 g/mol. The monoisotopic (exact) mass is 244 g/mol. The fourth-order valence-electron chi connectivity index (χ4n) is 3.09. The van der Waals surface area contributed by atoms with Gasteiger partial charge in [0, 0.05) is 19.1 Å². The molecular formula is C15H20N2O. The number of piperidine rings is 1. The lowest BCUT2D eigenvalue weighted by molar-refractivity contribution is -0.134. The van der Waals surface area contributed by atoms with E-state index in [-0.39, 0.29) is 5.92 Å². The fourth-order valence-corrected chi connectivity index (χ4v) is 3.09. The van der Waals surface area contributed by atoms with Crippen LogP contribution in [0.5, 0.6) is 0 Å². The minimum Gasteiger partial charge on any atom is -0.342 e. The van der Waals surface area contributed by atoms with Crippen molar-refractivity contribution in [3.05, 3.63) is 35.4 Å². The van der Waals surface area contributed by atoms with Crippen molar-refractivity contribution in [1.82, 2.24) is 10.2 Å². The molecule has 0 radical (unpaired) electrons. The maximum Gasteiger partial charge on any atom is 0.230 e. The van der Waals surface area contributed by atoms with Crippen molar-refractivity contribution in [3.63, 3.8) is 0 Å². The zero-order chi connectivity index (χ0) is 12.5. The van der Waals surface area contributed by atoms with E-state index in [0.717, 1.165) is 32.4 Å². The molecule has 1 aromatic carbocycles. The molecule has 0 saturated carbocycles. The predicted molar refractivity (Wildman–Crippen MR) is 71.5 cm³/mol. The SMILES string of the molecule is CNC1CCN(C(=O)C2Cc3ccccc32)CC1. The van der Waals surface area contributed by atoms with E-state index < -0.39 is 0 Å². The molecule has 1 aliphatic heterocycles. The first-order valence-corrected chi connectivity index (χ1v) is 6.83. The van der Waals surface area contributed by atoms with Crippen LogP contribution in [-0.4, -0.2) is 37.0 Å². The number of likely N-dealkylation sites (tertiary alicyclic amines) is 1. The van der Waals surface area contributed by atoms with Crippen LogP contribution in [0, 0.1) is 0 Å². The van der Waals surface area contributed by atoms with Gasteiger partial charge in [0.1, 0.15) is 0 Å². The Hall–Kier alpha value is -1.35. The molecule has 1 amide bonds. The Labute approximate surface area is 108 Å². The third kappa shape index (κ3) is 1.93. The molecule has 1 aromatic rings. The summed E-state index contributed by atoms with van der Waals surface area (Å²) in [6.07, 6.45) is 3.09. The molecule has 1 heterocycles. The molecule has 1 aliphatic carbocycles. The molecule has 3 nitrogen and oxygen atoms in total. The van der Waals surface area contributed by atoms with Crippen LogP contribution in [0.1, 0.15) is 29.9 Å². The van der Waals surface area contributed by atoms with Crippen molar-refractivity contribution in [2.45, 2.75) is 31.2 Å². The average molecular weight is 244 g/mol. The van der Waals surface area contributed by atoms with E-state index >= 15 is 0 Å². The quantitative estimate of drug-likeness (QED) is 0.856. The van der Waals surface area contributed by atoms with Gasteiger partial charge in [-0.05, 0) is 37.4 Å². The lowest BCUT2D eigenvalue weighted by Crippen LogP contribution is -2.47. The molecule has 1 unspecified atom stereocenters. The second kappa shape index (κ2) is 4.73. The lowest BCUT2D eigenvalue weighted by Gasteiger charge is -2.37. The summed E-state index contributed by atoms with van der Waals surface area (Å²) in [5.41, 5.74) is 2.60. The van der Waals surface area contributed by atoms with Crippen LogP contribution in [-0.2, 0) is 11.2 Å². The molecule has 1 saturated heterocycles. The Morgan fingerprint density at radius 2 is 2.00 bits per heavy atom. The van der Waals surface area contributed by atoms with Crippen LogP contribution in [0.25, 0.3) is 0 Å². The molecule has 1 atom stereocenters. The van der Waals surface area contributed by atoms with Crippen molar-refractivity contribution in [2.24, 2.45) is 0 Å². The van der Waals surface area contributed by atoms with E-state index in [1.165, 1.54) is 11.1 Å². The van der Waals surface area contributed by atoms with Gasteiger partial charge < -0.3 is 10.2 Å². The Morgan fingerprint density at radius 3 is 2.67 bits per heavy atom. The molecule has 0 bridgehead atoms. The number of hydrogen-bond acceptors (Lipinski definition) is 2. The van der Waals surface area contributed by atoms with Gasteiger partial charge in [0.2, 0.25) is 5.91 Å². The normalized spacial score (nSPS) is 23.4. The van der Waals surface area contributed by atoms with E-state index in [4.69, 9.17) is 0 Å². The van der Waals surface area contributed by atoms with Gasteiger partial charge in [0.05, 0.1) is 5.92 Å². The van der Waals surface area contributed by atoms with E-state index in [0.29, 0.717) is 11.9 Å². The van der Waals surface area contributed by atoms with Gasteiger partial charge in [0.15, 0.2) is 0 Å². The zero-order valence-electron chi connectivity index (χ0n) is 10.9. The minimum atomic E-state index is 0.132. The van der Waals surface area contributed by atoms with Crippen molar-refractivity contribution < 1.29 is 4.79 Å². The number of fused-ring (bicyclic) bond motifs is 1. The van der Waals surface area contributed by atoms with Gasteiger partial charge in [0.25, 0.3) is 0 Å². The second-order valence-electron chi connectivity index (χ2n) is 5.34. The molecule has 18 heavy (non-hydrogen) atoms. The van der Waals surface area contributed by atoms with Crippen molar-refractivity contribution in [2.75, 3.05) is 20.1 Å². The van der Waals surface area contributed by atoms with Crippen LogP contribution < -0.4 is 5.32 Å². The topological polar surface area (TPSA) is 32.3 Å². The Bertz CT molecular complexity index is 450. The van der Waals surface area contributed by atoms with Gasteiger partial charge in [-0.15, -0.1) is 0 Å². The number of carbonyl (C=O) groups excluding carboxylic acids is 1. The number of hydrogen-bond donors (Lipinski definition) is 1. The molecule has 3 heteroatoms. The number of nitrogens with zero attached hydrogens (tertiary/aromatic N) is 1. The number of benzene rings is 1. The predicted octanol–water partition coefficient (Wildman–Crippen LogP) is 1.54. The van der Waals surface area contributed by atoms with Gasteiger partial charge in [-0.25, -0.2) is 0 Å². The molecule has 3 rings (SSSR count). The lowest BCUT2D eigenvalue weighted by atomic mass is 9.76. The highest BCUT2D eigenvalue weighted by molar-refractivity contribution is 5.87. The van der Waals surface area contributed by atoms with Crippen molar-refractivity contribution in [3.8, 4) is 0 Å². The van der Waals surface area contributed by atoms with Crippen LogP contribution in [0.15, 0.2) is 24.3 Å². The third-order valence-electron chi connectivity index (χ3n) is 4.37. The highest BCUT2D eigenvalue weighted by Gasteiger charge is 2.35. The summed E-state index contributed by atoms with van der Waals surface area (Å²) in [6, 6.07) is 8.90. The summed E-state index contributed by atoms with van der Waals surface area (Å²) in [5, 5.41) is 3.30. The summed E-state index contributed by atoms with van der Waals surface area (Å²) in [7, 11) is 2.00. The Kier molecular flexibility index (Phi) is 3.08. The van der Waals surface area contributed by atoms with E-state index in [1.807, 2.05) is 13.1 Å². The summed E-state index contributed by atoms with van der Waals surface area (Å²) in [6.45, 7) is 1.81. The smallest absolute Gasteiger partial charge is 0.230 e. The minimum absolute atomic E-state index is 0.132. The van der Waals surface area contributed by atoms with Crippen LogP contribution in [0.3, 0.4) is 0 Å². The number of amides is 1. The molecule has 1 fully saturated rings. The summed E-state index contributed by atoms with van der Waals surface area (Å²) in [4.78, 5) is 14.5. The summed E-state index contributed by atoms with van der Waals surface area (Å²) in [5.74, 6) is 0.468. The summed E-state index contributed by atoms with van der Waals surface area (Å²) < 4.78 is 0. The fraction of sp³-hybridized carbons (Fsp3) is 0.533. The maximum absolute atomic E-state index is 12.4. The number of nitrogens with one attached hydrogen (secondary N) is 1. The van der Waals surface area contributed by atoms with Gasteiger partial charge >= 0.3 is 0 Å². The Morgan fingerprint density at radius 1 is 1.28 bits per heavy atom. The van der Waals surface area contributed by atoms with E-state index in [2.05, 4.69) is 28.4 Å². The van der Waals surface area contributed by atoms with Gasteiger partial charge in [-0.2, -0.15) is 0 Å². The number of carbonyl (C=O) groups is 1. The van der Waals surface area contributed by atoms with E-state index in [1.54, 1.807) is 0 Å². The van der Waals surface area contributed by atoms with Crippen molar-refractivity contribution in [1.29, 1.82) is 0 Å². The Balaban J connectivity index is 1.64. The molecule has 2 aliphatic rings. The van der Waals surface area contributed by atoms with Crippen LogP contribution in [0.2, 0.25) is 0 Å². The molecule has 1 N–H and O–H groups in total. The highest BCUT2D eigenvalue weighted by atomic mass is 16.2. The second-order valence-corrected chi connectivity index (χ2v) is 5.34. The van der Waals surface area contributed by atoms with Gasteiger partial charge in [-0.3, -0.25) is 4.79 Å². The van der Waals surface area contributed by atoms with Gasteiger partial charge in [-0.1, -0.05) is 24.3 Å². The summed E-state index contributed by atoms with van der Waals surface area (Å²) >= 11 is 0. The first-order chi connectivity index (χ1) is 8.79. The van der Waals surface area contributed by atoms with E-state index in [9.17, 15) is 4.79 Å². The zero-order valence-corrected chi connectivity index (χ0v) is 10.9. The first kappa shape index (κ1) is 11.7. The third-order valence-corrected chi connectivity index (χ3v) is 4.37. The largest absolute Gasteiger partial charge is 0.342 e. The van der Waals surface area contributed by atoms with Crippen LogP contribution in [0.4, 0.5) is 0 Å². The molecule has 96 valence electrons. The molecule has 0 spiro atoms. The highest BCUT2D eigenvalue weighted by Crippen LogP contribution is 2.36. The number of rotatable bonds is 2. The van der Waals surface area contributed by atoms with Crippen molar-refractivity contribution >= 4 is 5.91 Å². The standard InChI is InChI=1S/C15H20N2O/c1-16-12-6-8-17(9-7-12)15(18)14-10-11-4-2-3-5-13(11)14/h2-5,12,14,16H,6-10H2,1H3.